The molecule has 0 unspecified atom stereocenters. The molecule has 132 valence electrons. The second-order valence-corrected chi connectivity index (χ2v) is 7.75. The molecule has 0 saturated carbocycles. The molecule has 26 heavy (non-hydrogen) atoms. The number of amides is 1. The van der Waals surface area contributed by atoms with Crippen molar-refractivity contribution in [3.8, 4) is 5.69 Å². The highest BCUT2D eigenvalue weighted by Gasteiger charge is 2.25. The molecule has 1 aromatic heterocycles. The molecule has 0 radical (unpaired) electrons. The fourth-order valence-electron chi connectivity index (χ4n) is 3.07. The lowest BCUT2D eigenvalue weighted by molar-refractivity contribution is 0.102. The molecule has 3 aromatic rings. The minimum atomic E-state index is -0.102. The zero-order valence-electron chi connectivity index (χ0n) is 15.2. The van der Waals surface area contributed by atoms with E-state index in [1.807, 2.05) is 47.6 Å². The van der Waals surface area contributed by atoms with Gasteiger partial charge in [-0.2, -0.15) is 16.9 Å². The van der Waals surface area contributed by atoms with Gasteiger partial charge in [-0.25, -0.2) is 4.68 Å². The van der Waals surface area contributed by atoms with Gasteiger partial charge in [0.25, 0.3) is 5.91 Å². The van der Waals surface area contributed by atoms with Crippen LogP contribution in [0.5, 0.6) is 0 Å². The van der Waals surface area contributed by atoms with Crippen LogP contribution in [0, 0.1) is 20.8 Å². The normalized spacial score (nSPS) is 12.9. The van der Waals surface area contributed by atoms with Crippen molar-refractivity contribution in [2.24, 2.45) is 0 Å². The van der Waals surface area contributed by atoms with Gasteiger partial charge in [-0.05, 0) is 56.2 Å². The van der Waals surface area contributed by atoms with Crippen molar-refractivity contribution in [2.75, 3.05) is 5.32 Å². The largest absolute Gasteiger partial charge is 0.306 e. The topological polar surface area (TPSA) is 46.9 Å². The van der Waals surface area contributed by atoms with Gasteiger partial charge in [-0.1, -0.05) is 23.8 Å². The molecule has 1 aliphatic rings. The van der Waals surface area contributed by atoms with Crippen molar-refractivity contribution in [1.29, 1.82) is 0 Å². The standard InChI is InChI=1S/C21H21N3OS/c1-13-4-7-16(8-5-13)21(25)22-20-18-11-26-12-19(18)23-24(20)17-9-6-14(2)15(3)10-17/h4-10H,11-12H2,1-3H3,(H,22,25). The number of rotatable bonds is 3. The summed E-state index contributed by atoms with van der Waals surface area (Å²) in [6, 6.07) is 13.9. The Morgan fingerprint density at radius 3 is 2.54 bits per heavy atom. The zero-order chi connectivity index (χ0) is 18.3. The third kappa shape index (κ3) is 3.03. The van der Waals surface area contributed by atoms with E-state index in [-0.39, 0.29) is 5.91 Å². The summed E-state index contributed by atoms with van der Waals surface area (Å²) in [5.41, 5.74) is 7.42. The summed E-state index contributed by atoms with van der Waals surface area (Å²) in [5.74, 6) is 2.46. The molecule has 0 atom stereocenters. The first-order chi connectivity index (χ1) is 12.5. The van der Waals surface area contributed by atoms with Crippen LogP contribution >= 0.6 is 11.8 Å². The van der Waals surface area contributed by atoms with Gasteiger partial charge < -0.3 is 5.32 Å². The number of thioether (sulfide) groups is 1. The first-order valence-corrected chi connectivity index (χ1v) is 9.82. The van der Waals surface area contributed by atoms with Crippen LogP contribution in [0.1, 0.15) is 38.3 Å². The van der Waals surface area contributed by atoms with Crippen LogP contribution in [0.4, 0.5) is 5.82 Å². The Bertz CT molecular complexity index is 989. The number of benzene rings is 2. The minimum Gasteiger partial charge on any atom is -0.306 e. The monoisotopic (exact) mass is 363 g/mol. The summed E-state index contributed by atoms with van der Waals surface area (Å²) in [7, 11) is 0. The highest BCUT2D eigenvalue weighted by molar-refractivity contribution is 7.98. The summed E-state index contributed by atoms with van der Waals surface area (Å²) < 4.78 is 1.88. The summed E-state index contributed by atoms with van der Waals surface area (Å²) in [4.78, 5) is 12.8. The zero-order valence-corrected chi connectivity index (χ0v) is 16.0. The van der Waals surface area contributed by atoms with E-state index >= 15 is 0 Å². The van der Waals surface area contributed by atoms with Crippen molar-refractivity contribution < 1.29 is 4.79 Å². The Balaban J connectivity index is 1.74. The number of carbonyl (C=O) groups excluding carboxylic acids is 1. The number of aromatic nitrogens is 2. The summed E-state index contributed by atoms with van der Waals surface area (Å²) in [5, 5.41) is 7.88. The quantitative estimate of drug-likeness (QED) is 0.727. The molecule has 1 N–H and O–H groups in total. The lowest BCUT2D eigenvalue weighted by atomic mass is 10.1. The summed E-state index contributed by atoms with van der Waals surface area (Å²) >= 11 is 1.83. The van der Waals surface area contributed by atoms with E-state index in [0.717, 1.165) is 39.8 Å². The second-order valence-electron chi connectivity index (χ2n) is 6.77. The van der Waals surface area contributed by atoms with E-state index in [2.05, 4.69) is 37.4 Å². The van der Waals surface area contributed by atoms with Crippen LogP contribution in [0.15, 0.2) is 42.5 Å². The molecule has 0 aliphatic carbocycles. The Labute approximate surface area is 157 Å². The van der Waals surface area contributed by atoms with Gasteiger partial charge >= 0.3 is 0 Å². The Hall–Kier alpha value is -2.53. The predicted molar refractivity (Wildman–Crippen MR) is 107 cm³/mol. The SMILES string of the molecule is Cc1ccc(C(=O)Nc2c3c(nn2-c2ccc(C)c(C)c2)CSC3)cc1. The number of anilines is 1. The van der Waals surface area contributed by atoms with Crippen LogP contribution in [0.3, 0.4) is 0 Å². The molecule has 0 saturated heterocycles. The maximum atomic E-state index is 12.8. The van der Waals surface area contributed by atoms with Crippen molar-refractivity contribution in [3.63, 3.8) is 0 Å². The van der Waals surface area contributed by atoms with E-state index in [1.165, 1.54) is 11.1 Å². The average molecular weight is 363 g/mol. The van der Waals surface area contributed by atoms with Gasteiger partial charge in [-0.15, -0.1) is 0 Å². The van der Waals surface area contributed by atoms with E-state index < -0.39 is 0 Å². The lowest BCUT2D eigenvalue weighted by Crippen LogP contribution is -2.16. The van der Waals surface area contributed by atoms with Crippen molar-refractivity contribution in [2.45, 2.75) is 32.3 Å². The third-order valence-corrected chi connectivity index (χ3v) is 5.80. The number of hydrogen-bond acceptors (Lipinski definition) is 3. The molecule has 0 bridgehead atoms. The van der Waals surface area contributed by atoms with Crippen LogP contribution in [0.25, 0.3) is 5.69 Å². The Morgan fingerprint density at radius 2 is 1.81 bits per heavy atom. The number of nitrogens with one attached hydrogen (secondary N) is 1. The fraction of sp³-hybridized carbons (Fsp3) is 0.238. The number of nitrogens with zero attached hydrogens (tertiary/aromatic N) is 2. The maximum absolute atomic E-state index is 12.8. The molecular weight excluding hydrogens is 342 g/mol. The molecular formula is C21H21N3OS. The highest BCUT2D eigenvalue weighted by atomic mass is 32.2. The molecule has 5 heteroatoms. The molecule has 1 amide bonds. The van der Waals surface area contributed by atoms with Crippen molar-refractivity contribution in [3.05, 3.63) is 76.0 Å². The molecule has 0 spiro atoms. The number of hydrogen-bond donors (Lipinski definition) is 1. The van der Waals surface area contributed by atoms with Crippen LogP contribution < -0.4 is 5.32 Å². The number of carbonyl (C=O) groups is 1. The van der Waals surface area contributed by atoms with E-state index in [4.69, 9.17) is 5.10 Å². The number of fused-ring (bicyclic) bond motifs is 1. The third-order valence-electron chi connectivity index (χ3n) is 4.83. The Morgan fingerprint density at radius 1 is 1.04 bits per heavy atom. The van der Waals surface area contributed by atoms with Gasteiger partial charge in [0.2, 0.25) is 0 Å². The maximum Gasteiger partial charge on any atom is 0.256 e. The van der Waals surface area contributed by atoms with E-state index in [1.54, 1.807) is 0 Å². The average Bonchev–Trinajstić information content (AvgIpc) is 3.20. The van der Waals surface area contributed by atoms with Gasteiger partial charge in [0, 0.05) is 22.6 Å². The molecule has 2 aromatic carbocycles. The minimum absolute atomic E-state index is 0.102. The second kappa shape index (κ2) is 6.65. The van der Waals surface area contributed by atoms with E-state index in [9.17, 15) is 4.79 Å². The first kappa shape index (κ1) is 16.9. The van der Waals surface area contributed by atoms with Crippen LogP contribution in [-0.2, 0) is 11.5 Å². The lowest BCUT2D eigenvalue weighted by Gasteiger charge is -2.12. The molecule has 0 fully saturated rings. The van der Waals surface area contributed by atoms with Crippen molar-refractivity contribution in [1.82, 2.24) is 9.78 Å². The fourth-order valence-corrected chi connectivity index (χ4v) is 4.11. The Kier molecular flexibility index (Phi) is 4.32. The van der Waals surface area contributed by atoms with Crippen molar-refractivity contribution >= 4 is 23.5 Å². The van der Waals surface area contributed by atoms with Crippen LogP contribution in [-0.4, -0.2) is 15.7 Å². The first-order valence-electron chi connectivity index (χ1n) is 8.67. The molecule has 1 aliphatic heterocycles. The van der Waals surface area contributed by atoms with Gasteiger partial charge in [0.15, 0.2) is 0 Å². The predicted octanol–water partition coefficient (Wildman–Crippen LogP) is 4.80. The van der Waals surface area contributed by atoms with Gasteiger partial charge in [-0.3, -0.25) is 4.79 Å². The summed E-state index contributed by atoms with van der Waals surface area (Å²) in [6.45, 7) is 6.20. The van der Waals surface area contributed by atoms with Gasteiger partial charge in [0.05, 0.1) is 11.4 Å². The smallest absolute Gasteiger partial charge is 0.256 e. The molecule has 2 heterocycles. The highest BCUT2D eigenvalue weighted by Crippen LogP contribution is 2.36. The number of aryl methyl sites for hydroxylation is 3. The molecule has 4 nitrogen and oxygen atoms in total. The van der Waals surface area contributed by atoms with E-state index in [0.29, 0.717) is 5.56 Å². The van der Waals surface area contributed by atoms with Gasteiger partial charge in [0.1, 0.15) is 5.82 Å². The van der Waals surface area contributed by atoms with Crippen LogP contribution in [0.2, 0.25) is 0 Å². The summed E-state index contributed by atoms with van der Waals surface area (Å²) in [6.07, 6.45) is 0. The molecule has 4 rings (SSSR count).